The number of benzene rings is 2. The highest BCUT2D eigenvalue weighted by Crippen LogP contribution is 2.38. The van der Waals surface area contributed by atoms with Crippen molar-refractivity contribution in [1.82, 2.24) is 15.1 Å². The zero-order valence-corrected chi connectivity index (χ0v) is 22.4. The minimum atomic E-state index is -0.809. The average molecular weight is 511 g/mol. The highest BCUT2D eigenvalue weighted by atomic mass is 19.1. The number of hydrogen-bond donors (Lipinski definition) is 3. The van der Waals surface area contributed by atoms with Gasteiger partial charge in [0, 0.05) is 31.4 Å². The molecule has 1 fully saturated rings. The summed E-state index contributed by atoms with van der Waals surface area (Å²) < 4.78 is 29.5. The molecule has 0 amide bonds. The van der Waals surface area contributed by atoms with E-state index in [0.29, 0.717) is 12.1 Å². The zero-order valence-electron chi connectivity index (χ0n) is 22.4. The van der Waals surface area contributed by atoms with Crippen molar-refractivity contribution in [3.8, 4) is 0 Å². The Morgan fingerprint density at radius 3 is 2.38 bits per heavy atom. The Morgan fingerprint density at radius 1 is 1.05 bits per heavy atom. The van der Waals surface area contributed by atoms with E-state index >= 15 is 0 Å². The number of anilines is 1. The molecule has 7 heteroatoms. The molecule has 0 saturated heterocycles. The maximum Gasteiger partial charge on any atom is 0.126 e. The summed E-state index contributed by atoms with van der Waals surface area (Å²) in [5.74, 6) is -1.25. The monoisotopic (exact) mass is 510 g/mol. The molecular weight excluding hydrogens is 470 g/mol. The van der Waals surface area contributed by atoms with Crippen molar-refractivity contribution in [2.45, 2.75) is 82.4 Å². The fourth-order valence-electron chi connectivity index (χ4n) is 5.42. The molecule has 1 aliphatic rings. The van der Waals surface area contributed by atoms with Crippen LogP contribution in [-0.2, 0) is 24.4 Å². The Bertz CT molecular complexity index is 1160. The normalized spacial score (nSPS) is 17.4. The molecule has 0 aliphatic heterocycles. The van der Waals surface area contributed by atoms with Gasteiger partial charge in [0.2, 0.25) is 0 Å². The van der Waals surface area contributed by atoms with Gasteiger partial charge in [0.25, 0.3) is 0 Å². The molecule has 200 valence electrons. The second-order valence-corrected chi connectivity index (χ2v) is 11.6. The molecule has 0 radical (unpaired) electrons. The second-order valence-electron chi connectivity index (χ2n) is 11.6. The first-order valence-corrected chi connectivity index (χ1v) is 13.3. The molecule has 1 saturated carbocycles. The number of nitrogens with one attached hydrogen (secondary N) is 2. The Morgan fingerprint density at radius 2 is 1.76 bits per heavy atom. The zero-order chi connectivity index (χ0) is 26.6. The van der Waals surface area contributed by atoms with Crippen molar-refractivity contribution in [3.63, 3.8) is 0 Å². The van der Waals surface area contributed by atoms with Gasteiger partial charge in [0.15, 0.2) is 0 Å². The van der Waals surface area contributed by atoms with E-state index in [4.69, 9.17) is 0 Å². The predicted octanol–water partition coefficient (Wildman–Crippen LogP) is 5.83. The van der Waals surface area contributed by atoms with Crippen molar-refractivity contribution in [2.75, 3.05) is 11.9 Å². The van der Waals surface area contributed by atoms with Crippen molar-refractivity contribution < 1.29 is 13.9 Å². The Balaban J connectivity index is 1.56. The summed E-state index contributed by atoms with van der Waals surface area (Å²) in [5, 5.41) is 22.7. The number of aryl methyl sites for hydroxylation is 1. The second kappa shape index (κ2) is 11.3. The predicted molar refractivity (Wildman–Crippen MR) is 145 cm³/mol. The van der Waals surface area contributed by atoms with Crippen LogP contribution in [0.15, 0.2) is 54.9 Å². The van der Waals surface area contributed by atoms with Gasteiger partial charge in [-0.2, -0.15) is 5.10 Å². The maximum atomic E-state index is 13.9. The van der Waals surface area contributed by atoms with Gasteiger partial charge in [-0.3, -0.25) is 4.68 Å². The highest BCUT2D eigenvalue weighted by Gasteiger charge is 2.35. The largest absolute Gasteiger partial charge is 0.390 e. The van der Waals surface area contributed by atoms with E-state index in [1.807, 2.05) is 13.2 Å². The Hall–Kier alpha value is -2.77. The van der Waals surface area contributed by atoms with E-state index in [-0.39, 0.29) is 17.4 Å². The van der Waals surface area contributed by atoms with E-state index in [1.54, 1.807) is 10.9 Å². The molecule has 1 heterocycles. The number of aliphatic hydroxyl groups excluding tert-OH is 1. The molecule has 4 rings (SSSR count). The van der Waals surface area contributed by atoms with Crippen LogP contribution in [-0.4, -0.2) is 33.6 Å². The van der Waals surface area contributed by atoms with Crippen LogP contribution in [0.4, 0.5) is 14.5 Å². The highest BCUT2D eigenvalue weighted by molar-refractivity contribution is 5.40. The summed E-state index contributed by atoms with van der Waals surface area (Å²) in [5.41, 5.74) is 3.61. The molecule has 1 aromatic heterocycles. The van der Waals surface area contributed by atoms with Gasteiger partial charge in [-0.15, -0.1) is 0 Å². The van der Waals surface area contributed by atoms with Gasteiger partial charge in [0.05, 0.1) is 24.0 Å². The summed E-state index contributed by atoms with van der Waals surface area (Å²) in [6.45, 7) is 7.01. The lowest BCUT2D eigenvalue weighted by Crippen LogP contribution is -2.50. The first kappa shape index (κ1) is 27.3. The lowest BCUT2D eigenvalue weighted by molar-refractivity contribution is 0.122. The van der Waals surface area contributed by atoms with E-state index in [1.165, 1.54) is 29.7 Å². The summed E-state index contributed by atoms with van der Waals surface area (Å²) >= 11 is 0. The molecule has 1 aliphatic carbocycles. The number of aromatic nitrogens is 2. The Kier molecular flexibility index (Phi) is 8.34. The van der Waals surface area contributed by atoms with Crippen molar-refractivity contribution in [1.29, 1.82) is 0 Å². The minimum absolute atomic E-state index is 0.0460. The number of hydrogen-bond acceptors (Lipinski definition) is 4. The van der Waals surface area contributed by atoms with Crippen LogP contribution in [0.5, 0.6) is 0 Å². The summed E-state index contributed by atoms with van der Waals surface area (Å²) in [7, 11) is 1.82. The van der Waals surface area contributed by atoms with Crippen molar-refractivity contribution in [3.05, 3.63) is 83.2 Å². The SMILES string of the molecule is Cn1cc(NC(Cc2cc(F)cc(F)c2)C(O)CNC2(c3cccc(C(C)(C)C)c3)CCCCC2)cn1. The average Bonchev–Trinajstić information content (AvgIpc) is 3.26. The van der Waals surface area contributed by atoms with E-state index in [0.717, 1.165) is 37.4 Å². The molecule has 37 heavy (non-hydrogen) atoms. The van der Waals surface area contributed by atoms with Gasteiger partial charge in [-0.05, 0) is 53.5 Å². The number of halogens is 2. The topological polar surface area (TPSA) is 62.1 Å². The molecule has 0 spiro atoms. The van der Waals surface area contributed by atoms with Crippen LogP contribution >= 0.6 is 0 Å². The van der Waals surface area contributed by atoms with Crippen LogP contribution in [0.3, 0.4) is 0 Å². The summed E-state index contributed by atoms with van der Waals surface area (Å²) in [6.07, 6.45) is 8.42. The smallest absolute Gasteiger partial charge is 0.126 e. The molecular formula is C30H40F2N4O. The van der Waals surface area contributed by atoms with E-state index < -0.39 is 23.8 Å². The molecule has 2 aromatic carbocycles. The standard InChI is InChI=1S/C30H40F2N4O/c1-29(2,3)22-9-8-10-23(16-22)30(11-6-5-7-12-30)33-19-28(37)27(35-26-18-34-36(4)20-26)15-21-13-24(31)17-25(32)14-21/h8-10,13-14,16-18,20,27-28,33,35,37H,5-7,11-12,15,19H2,1-4H3. The maximum absolute atomic E-state index is 13.9. The van der Waals surface area contributed by atoms with Crippen LogP contribution in [0.2, 0.25) is 0 Å². The number of rotatable bonds is 9. The van der Waals surface area contributed by atoms with Gasteiger partial charge >= 0.3 is 0 Å². The fourth-order valence-corrected chi connectivity index (χ4v) is 5.42. The van der Waals surface area contributed by atoms with Gasteiger partial charge in [-0.1, -0.05) is 64.3 Å². The van der Waals surface area contributed by atoms with E-state index in [2.05, 4.69) is 60.8 Å². The van der Waals surface area contributed by atoms with Crippen LogP contribution in [0, 0.1) is 11.6 Å². The van der Waals surface area contributed by atoms with Crippen LogP contribution in [0.25, 0.3) is 0 Å². The van der Waals surface area contributed by atoms with E-state index in [9.17, 15) is 13.9 Å². The van der Waals surface area contributed by atoms with Gasteiger partial charge in [0.1, 0.15) is 11.6 Å². The van der Waals surface area contributed by atoms with Gasteiger partial charge in [-0.25, -0.2) is 8.78 Å². The summed E-state index contributed by atoms with van der Waals surface area (Å²) in [4.78, 5) is 0. The fraction of sp³-hybridized carbons (Fsp3) is 0.500. The third-order valence-corrected chi connectivity index (χ3v) is 7.54. The first-order valence-electron chi connectivity index (χ1n) is 13.3. The summed E-state index contributed by atoms with van der Waals surface area (Å²) in [6, 6.07) is 11.9. The molecule has 3 aromatic rings. The Labute approximate surface area is 219 Å². The number of nitrogens with zero attached hydrogens (tertiary/aromatic N) is 2. The first-order chi connectivity index (χ1) is 17.5. The molecule has 0 bridgehead atoms. The lowest BCUT2D eigenvalue weighted by Gasteiger charge is -2.41. The van der Waals surface area contributed by atoms with Crippen LogP contribution in [0.1, 0.15) is 69.6 Å². The van der Waals surface area contributed by atoms with Crippen molar-refractivity contribution >= 4 is 5.69 Å². The number of aliphatic hydroxyl groups is 1. The van der Waals surface area contributed by atoms with Gasteiger partial charge < -0.3 is 15.7 Å². The third kappa shape index (κ3) is 6.96. The third-order valence-electron chi connectivity index (χ3n) is 7.54. The molecule has 5 nitrogen and oxygen atoms in total. The van der Waals surface area contributed by atoms with Crippen molar-refractivity contribution in [2.24, 2.45) is 7.05 Å². The lowest BCUT2D eigenvalue weighted by atomic mass is 9.74. The minimum Gasteiger partial charge on any atom is -0.390 e. The molecule has 2 atom stereocenters. The van der Waals surface area contributed by atoms with Crippen LogP contribution < -0.4 is 10.6 Å². The quantitative estimate of drug-likeness (QED) is 0.339. The molecule has 2 unspecified atom stereocenters. The molecule has 3 N–H and O–H groups in total.